The van der Waals surface area contributed by atoms with Crippen molar-refractivity contribution in [1.82, 2.24) is 19.9 Å². The van der Waals surface area contributed by atoms with Gasteiger partial charge < -0.3 is 4.90 Å². The molecule has 0 unspecified atom stereocenters. The third-order valence-corrected chi connectivity index (χ3v) is 2.57. The van der Waals surface area contributed by atoms with E-state index in [1.54, 1.807) is 18.9 Å². The molecular weight excluding hydrogens is 250 g/mol. The molecule has 98 valence electrons. The van der Waals surface area contributed by atoms with Gasteiger partial charge in [0.25, 0.3) is 0 Å². The number of fused-ring (bicyclic) bond motifs is 1. The minimum Gasteiger partial charge on any atom is -0.355 e. The first kappa shape index (κ1) is 14.6. The van der Waals surface area contributed by atoms with Gasteiger partial charge in [0.15, 0.2) is 5.82 Å². The lowest BCUT2D eigenvalue weighted by atomic mass is 10.3. The first-order valence-corrected chi connectivity index (χ1v) is 6.02. The SMILES string of the molecule is CCCN(CCC)c1ncnc2cncnc12.Cl. The van der Waals surface area contributed by atoms with Crippen molar-refractivity contribution in [3.8, 4) is 0 Å². The summed E-state index contributed by atoms with van der Waals surface area (Å²) in [5, 5.41) is 0. The highest BCUT2D eigenvalue weighted by atomic mass is 35.5. The number of anilines is 1. The fraction of sp³-hybridized carbons (Fsp3) is 0.500. The summed E-state index contributed by atoms with van der Waals surface area (Å²) in [4.78, 5) is 19.1. The van der Waals surface area contributed by atoms with Crippen LogP contribution in [0.2, 0.25) is 0 Å². The maximum absolute atomic E-state index is 4.37. The molecule has 0 bridgehead atoms. The van der Waals surface area contributed by atoms with Gasteiger partial charge in [-0.3, -0.25) is 0 Å². The predicted octanol–water partition coefficient (Wildman–Crippen LogP) is 2.47. The van der Waals surface area contributed by atoms with Crippen LogP contribution >= 0.6 is 12.4 Å². The van der Waals surface area contributed by atoms with Crippen LogP contribution in [-0.4, -0.2) is 33.0 Å². The van der Waals surface area contributed by atoms with E-state index in [1.165, 1.54) is 0 Å². The van der Waals surface area contributed by atoms with E-state index in [4.69, 9.17) is 0 Å². The first-order chi connectivity index (χ1) is 8.36. The van der Waals surface area contributed by atoms with E-state index in [0.717, 1.165) is 42.8 Å². The van der Waals surface area contributed by atoms with Crippen LogP contribution in [0.1, 0.15) is 26.7 Å². The Bertz CT molecular complexity index is 479. The summed E-state index contributed by atoms with van der Waals surface area (Å²) in [7, 11) is 0. The molecule has 0 radical (unpaired) electrons. The molecule has 0 fully saturated rings. The van der Waals surface area contributed by atoms with Crippen LogP contribution in [0.3, 0.4) is 0 Å². The smallest absolute Gasteiger partial charge is 0.158 e. The van der Waals surface area contributed by atoms with Crippen LogP contribution in [0.25, 0.3) is 11.0 Å². The van der Waals surface area contributed by atoms with Crippen molar-refractivity contribution >= 4 is 29.3 Å². The van der Waals surface area contributed by atoms with E-state index in [1.807, 2.05) is 0 Å². The fourth-order valence-electron chi connectivity index (χ4n) is 1.89. The molecule has 2 heterocycles. The van der Waals surface area contributed by atoms with E-state index >= 15 is 0 Å². The third kappa shape index (κ3) is 3.04. The second-order valence-electron chi connectivity index (χ2n) is 3.94. The Balaban J connectivity index is 0.00000162. The lowest BCUT2D eigenvalue weighted by molar-refractivity contribution is 0.735. The van der Waals surface area contributed by atoms with E-state index in [-0.39, 0.29) is 12.4 Å². The molecule has 18 heavy (non-hydrogen) atoms. The first-order valence-electron chi connectivity index (χ1n) is 6.02. The summed E-state index contributed by atoms with van der Waals surface area (Å²) in [5.74, 6) is 0.918. The molecule has 0 aliphatic carbocycles. The number of aromatic nitrogens is 4. The second kappa shape index (κ2) is 7.06. The number of rotatable bonds is 5. The van der Waals surface area contributed by atoms with E-state index in [2.05, 4.69) is 38.7 Å². The standard InChI is InChI=1S/C12H17N5.ClH/c1-3-5-17(6-4-2)12-11-10(14-9-16-12)7-13-8-15-11;/h7-9H,3-6H2,1-2H3;1H. The molecule has 2 rings (SSSR count). The van der Waals surface area contributed by atoms with Crippen LogP contribution < -0.4 is 4.90 Å². The Morgan fingerprint density at radius 3 is 2.39 bits per heavy atom. The zero-order valence-electron chi connectivity index (χ0n) is 10.7. The van der Waals surface area contributed by atoms with Crippen LogP contribution in [0.5, 0.6) is 0 Å². The number of nitrogens with zero attached hydrogens (tertiary/aromatic N) is 5. The van der Waals surface area contributed by atoms with Crippen molar-refractivity contribution in [2.75, 3.05) is 18.0 Å². The van der Waals surface area contributed by atoms with Crippen molar-refractivity contribution in [2.45, 2.75) is 26.7 Å². The van der Waals surface area contributed by atoms with Crippen LogP contribution in [0, 0.1) is 0 Å². The van der Waals surface area contributed by atoms with Gasteiger partial charge in [-0.05, 0) is 12.8 Å². The van der Waals surface area contributed by atoms with Gasteiger partial charge in [0.1, 0.15) is 23.7 Å². The van der Waals surface area contributed by atoms with Crippen molar-refractivity contribution in [3.63, 3.8) is 0 Å². The van der Waals surface area contributed by atoms with Crippen molar-refractivity contribution in [2.24, 2.45) is 0 Å². The summed E-state index contributed by atoms with van der Waals surface area (Å²) in [6.07, 6.45) is 7.04. The van der Waals surface area contributed by atoms with Gasteiger partial charge in [-0.15, -0.1) is 12.4 Å². The Morgan fingerprint density at radius 2 is 1.72 bits per heavy atom. The predicted molar refractivity (Wildman–Crippen MR) is 75.2 cm³/mol. The molecule has 0 atom stereocenters. The van der Waals surface area contributed by atoms with Crippen LogP contribution in [-0.2, 0) is 0 Å². The van der Waals surface area contributed by atoms with Gasteiger partial charge in [0.2, 0.25) is 0 Å². The summed E-state index contributed by atoms with van der Waals surface area (Å²) < 4.78 is 0. The molecule has 0 aliphatic rings. The average Bonchev–Trinajstić information content (AvgIpc) is 2.38. The summed E-state index contributed by atoms with van der Waals surface area (Å²) in [6, 6.07) is 0. The van der Waals surface area contributed by atoms with Gasteiger partial charge in [-0.1, -0.05) is 13.8 Å². The van der Waals surface area contributed by atoms with E-state index < -0.39 is 0 Å². The number of halogens is 1. The maximum Gasteiger partial charge on any atom is 0.158 e. The lowest BCUT2D eigenvalue weighted by Crippen LogP contribution is -2.26. The van der Waals surface area contributed by atoms with Gasteiger partial charge in [-0.2, -0.15) is 0 Å². The van der Waals surface area contributed by atoms with Gasteiger partial charge >= 0.3 is 0 Å². The normalized spacial score (nSPS) is 10.1. The Kier molecular flexibility index (Phi) is 5.71. The van der Waals surface area contributed by atoms with Crippen molar-refractivity contribution < 1.29 is 0 Å². The molecule has 5 nitrogen and oxygen atoms in total. The summed E-state index contributed by atoms with van der Waals surface area (Å²) >= 11 is 0. The van der Waals surface area contributed by atoms with E-state index in [0.29, 0.717) is 0 Å². The van der Waals surface area contributed by atoms with Crippen molar-refractivity contribution in [3.05, 3.63) is 18.9 Å². The van der Waals surface area contributed by atoms with Gasteiger partial charge in [-0.25, -0.2) is 19.9 Å². The average molecular weight is 268 g/mol. The highest BCUT2D eigenvalue weighted by Crippen LogP contribution is 2.19. The highest BCUT2D eigenvalue weighted by molar-refractivity contribution is 5.85. The summed E-state index contributed by atoms with van der Waals surface area (Å²) in [6.45, 7) is 6.32. The molecule has 0 saturated carbocycles. The molecule has 0 N–H and O–H groups in total. The van der Waals surface area contributed by atoms with Gasteiger partial charge in [0.05, 0.1) is 6.20 Å². The molecule has 2 aromatic heterocycles. The zero-order valence-corrected chi connectivity index (χ0v) is 11.5. The molecule has 0 saturated heterocycles. The molecule has 6 heteroatoms. The topological polar surface area (TPSA) is 54.8 Å². The molecule has 2 aromatic rings. The fourth-order valence-corrected chi connectivity index (χ4v) is 1.89. The highest BCUT2D eigenvalue weighted by Gasteiger charge is 2.11. The van der Waals surface area contributed by atoms with Gasteiger partial charge in [0, 0.05) is 13.1 Å². The Hall–Kier alpha value is -1.49. The Labute approximate surface area is 113 Å². The van der Waals surface area contributed by atoms with E-state index in [9.17, 15) is 0 Å². The van der Waals surface area contributed by atoms with Crippen molar-refractivity contribution in [1.29, 1.82) is 0 Å². The lowest BCUT2D eigenvalue weighted by Gasteiger charge is -2.22. The monoisotopic (exact) mass is 267 g/mol. The van der Waals surface area contributed by atoms with Crippen LogP contribution in [0.15, 0.2) is 18.9 Å². The Morgan fingerprint density at radius 1 is 1.00 bits per heavy atom. The zero-order chi connectivity index (χ0) is 12.1. The maximum atomic E-state index is 4.37. The third-order valence-electron chi connectivity index (χ3n) is 2.57. The largest absolute Gasteiger partial charge is 0.355 e. The number of hydrogen-bond donors (Lipinski definition) is 0. The second-order valence-corrected chi connectivity index (χ2v) is 3.94. The molecule has 0 aliphatic heterocycles. The molecule has 0 amide bonds. The molecule has 0 aromatic carbocycles. The van der Waals surface area contributed by atoms with Crippen LogP contribution in [0.4, 0.5) is 5.82 Å². The quantitative estimate of drug-likeness (QED) is 0.833. The molecule has 0 spiro atoms. The minimum absolute atomic E-state index is 0. The summed E-state index contributed by atoms with van der Waals surface area (Å²) in [5.41, 5.74) is 1.64. The number of hydrogen-bond acceptors (Lipinski definition) is 5. The molecular formula is C12H18ClN5. The minimum atomic E-state index is 0.